The van der Waals surface area contributed by atoms with Gasteiger partial charge >= 0.3 is 11.9 Å². The summed E-state index contributed by atoms with van der Waals surface area (Å²) >= 11 is 0. The summed E-state index contributed by atoms with van der Waals surface area (Å²) in [6.07, 6.45) is 18.2. The van der Waals surface area contributed by atoms with E-state index in [0.717, 1.165) is 37.9 Å². The van der Waals surface area contributed by atoms with Crippen LogP contribution in [0.4, 0.5) is 0 Å². The molecule has 4 atom stereocenters. The second kappa shape index (κ2) is 18.1. The summed E-state index contributed by atoms with van der Waals surface area (Å²) in [6.45, 7) is 11.0. The van der Waals surface area contributed by atoms with Crippen molar-refractivity contribution >= 4 is 18.3 Å². The monoisotopic (exact) mass is 568 g/mol. The molecule has 9 nitrogen and oxygen atoms in total. The van der Waals surface area contributed by atoms with Gasteiger partial charge in [-0.05, 0) is 71.6 Å². The molecule has 0 unspecified atom stereocenters. The number of hydrogen-bond acceptors (Lipinski definition) is 7. The van der Waals surface area contributed by atoms with E-state index in [0.29, 0.717) is 44.9 Å². The highest BCUT2D eigenvalue weighted by atomic mass is 16.6. The zero-order valence-corrected chi connectivity index (χ0v) is 25.4. The molecule has 1 aromatic rings. The minimum atomic E-state index is -0.729. The molecule has 0 saturated carbocycles. The average molecular weight is 569 g/mol. The first-order valence-corrected chi connectivity index (χ1v) is 14.8. The zero-order chi connectivity index (χ0) is 30.2. The maximum Gasteiger partial charge on any atom is 0.328 e. The van der Waals surface area contributed by atoms with Crippen molar-refractivity contribution in [1.29, 1.82) is 0 Å². The van der Waals surface area contributed by atoms with E-state index in [1.807, 2.05) is 24.7 Å². The minimum absolute atomic E-state index is 0.194. The van der Waals surface area contributed by atoms with Gasteiger partial charge in [-0.3, -0.25) is 14.3 Å². The molecule has 1 fully saturated rings. The van der Waals surface area contributed by atoms with Crippen LogP contribution >= 0.6 is 0 Å². The van der Waals surface area contributed by atoms with E-state index in [1.165, 1.54) is 11.1 Å². The Morgan fingerprint density at radius 2 is 2.05 bits per heavy atom. The lowest BCUT2D eigenvalue weighted by Crippen LogP contribution is -2.48. The quantitative estimate of drug-likeness (QED) is 0.0765. The number of ether oxygens (including phenoxy) is 2. The van der Waals surface area contributed by atoms with E-state index >= 15 is 0 Å². The van der Waals surface area contributed by atoms with Crippen LogP contribution in [0.15, 0.2) is 29.5 Å². The van der Waals surface area contributed by atoms with E-state index in [2.05, 4.69) is 54.5 Å². The predicted octanol–water partition coefficient (Wildman–Crippen LogP) is 5.10. The van der Waals surface area contributed by atoms with Gasteiger partial charge in [0.05, 0.1) is 11.6 Å². The molecule has 0 bridgehead atoms. The van der Waals surface area contributed by atoms with Crippen LogP contribution in [0.3, 0.4) is 0 Å². The molecule has 0 aromatic carbocycles. The second-order valence-electron chi connectivity index (χ2n) is 11.6. The number of cyclic esters (lactones) is 1. The van der Waals surface area contributed by atoms with Crippen LogP contribution in [0, 0.1) is 24.2 Å². The lowest BCUT2D eigenvalue weighted by atomic mass is 9.86. The van der Waals surface area contributed by atoms with E-state index < -0.39 is 18.1 Å². The molecular formula is C32H48N4O5. The SMILES string of the molecule is C#CCCCC[C@@H]1C(=O)O[C@H]1C[C@H](CCc1cn(CC/C(C)=C/CC=C(C)C)nn1)OC(=O)[C@H](CC(C)C)NC=O. The van der Waals surface area contributed by atoms with Crippen molar-refractivity contribution < 1.29 is 23.9 Å². The van der Waals surface area contributed by atoms with Crippen molar-refractivity contribution in [3.05, 3.63) is 35.2 Å². The Morgan fingerprint density at radius 3 is 2.71 bits per heavy atom. The summed E-state index contributed by atoms with van der Waals surface area (Å²) in [7, 11) is 0. The van der Waals surface area contributed by atoms with E-state index in [4.69, 9.17) is 15.9 Å². The number of aromatic nitrogens is 3. The third kappa shape index (κ3) is 12.8. The molecule has 1 aliphatic rings. The third-order valence-electron chi connectivity index (χ3n) is 7.18. The summed E-state index contributed by atoms with van der Waals surface area (Å²) < 4.78 is 13.2. The van der Waals surface area contributed by atoms with Gasteiger partial charge in [0, 0.05) is 25.6 Å². The van der Waals surface area contributed by atoms with Crippen LogP contribution < -0.4 is 5.32 Å². The van der Waals surface area contributed by atoms with Gasteiger partial charge in [0.15, 0.2) is 0 Å². The molecule has 2 heterocycles. The molecule has 0 aliphatic carbocycles. The van der Waals surface area contributed by atoms with Crippen molar-refractivity contribution in [3.8, 4) is 12.3 Å². The maximum atomic E-state index is 13.0. The van der Waals surface area contributed by atoms with E-state index in [1.54, 1.807) is 0 Å². The van der Waals surface area contributed by atoms with Gasteiger partial charge in [0.25, 0.3) is 0 Å². The number of carbonyl (C=O) groups excluding carboxylic acids is 3. The van der Waals surface area contributed by atoms with Crippen molar-refractivity contribution in [2.24, 2.45) is 11.8 Å². The highest BCUT2D eigenvalue weighted by molar-refractivity contribution is 5.79. The first-order valence-electron chi connectivity index (χ1n) is 14.8. The fourth-order valence-corrected chi connectivity index (χ4v) is 4.78. The normalized spacial score (nSPS) is 18.1. The fourth-order valence-electron chi connectivity index (χ4n) is 4.78. The summed E-state index contributed by atoms with van der Waals surface area (Å²) in [4.78, 5) is 36.3. The van der Waals surface area contributed by atoms with Crippen molar-refractivity contribution in [2.45, 2.75) is 124 Å². The van der Waals surface area contributed by atoms with Crippen LogP contribution in [0.5, 0.6) is 0 Å². The summed E-state index contributed by atoms with van der Waals surface area (Å²) in [5.41, 5.74) is 3.41. The number of carbonyl (C=O) groups is 3. The number of esters is 2. The largest absolute Gasteiger partial charge is 0.461 e. The van der Waals surface area contributed by atoms with Gasteiger partial charge in [0.1, 0.15) is 18.2 Å². The van der Waals surface area contributed by atoms with Gasteiger partial charge in [-0.25, -0.2) is 4.79 Å². The number of rotatable bonds is 20. The predicted molar refractivity (Wildman–Crippen MR) is 158 cm³/mol. The molecule has 1 aromatic heterocycles. The Kier molecular flexibility index (Phi) is 14.9. The number of hydrogen-bond donors (Lipinski definition) is 1. The van der Waals surface area contributed by atoms with Gasteiger partial charge in [-0.1, -0.05) is 48.8 Å². The molecule has 2 rings (SSSR count). The minimum Gasteiger partial charge on any atom is -0.461 e. The molecule has 0 radical (unpaired) electrons. The van der Waals surface area contributed by atoms with Crippen molar-refractivity contribution in [1.82, 2.24) is 20.3 Å². The number of terminal acetylenes is 1. The van der Waals surface area contributed by atoms with Gasteiger partial charge < -0.3 is 14.8 Å². The molecule has 9 heteroatoms. The van der Waals surface area contributed by atoms with Crippen molar-refractivity contribution in [2.75, 3.05) is 0 Å². The molecule has 1 amide bonds. The number of allylic oxidation sites excluding steroid dienone is 4. The molecule has 0 spiro atoms. The second-order valence-corrected chi connectivity index (χ2v) is 11.6. The maximum absolute atomic E-state index is 13.0. The number of aryl methyl sites for hydroxylation is 2. The van der Waals surface area contributed by atoms with Crippen molar-refractivity contribution in [3.63, 3.8) is 0 Å². The van der Waals surface area contributed by atoms with Crippen LogP contribution in [-0.4, -0.2) is 51.6 Å². The first-order chi connectivity index (χ1) is 19.6. The summed E-state index contributed by atoms with van der Waals surface area (Å²) in [6, 6.07) is -0.729. The summed E-state index contributed by atoms with van der Waals surface area (Å²) in [5.74, 6) is 1.90. The number of nitrogens with one attached hydrogen (secondary N) is 1. The topological polar surface area (TPSA) is 112 Å². The number of amides is 1. The first kappa shape index (κ1) is 33.8. The molecule has 1 aliphatic heterocycles. The highest BCUT2D eigenvalue weighted by Gasteiger charge is 2.43. The van der Waals surface area contributed by atoms with Gasteiger partial charge in [0.2, 0.25) is 6.41 Å². The molecule has 226 valence electrons. The zero-order valence-electron chi connectivity index (χ0n) is 25.4. The van der Waals surface area contributed by atoms with Crippen LogP contribution in [0.25, 0.3) is 0 Å². The standard InChI is InChI=1S/C32H48N4O5/c1-7-8-9-10-14-28-30(41-31(28)38)20-27(40-32(39)29(33-22-37)19-24(4)5)16-15-26-21-36(35-34-26)18-17-25(6)13-11-12-23(2)3/h1,12-13,21-22,24,27-30H,8-11,14-20H2,2-6H3,(H,33,37)/b25-13+/t27-,28-,29-,30-/m0/s1. The van der Waals surface area contributed by atoms with Gasteiger partial charge in [-0.2, -0.15) is 0 Å². The summed E-state index contributed by atoms with van der Waals surface area (Å²) in [5, 5.41) is 11.2. The Labute approximate surface area is 245 Å². The van der Waals surface area contributed by atoms with Crippen LogP contribution in [0.2, 0.25) is 0 Å². The third-order valence-corrected chi connectivity index (χ3v) is 7.18. The van der Waals surface area contributed by atoms with Crippen LogP contribution in [-0.2, 0) is 36.8 Å². The number of nitrogens with zero attached hydrogens (tertiary/aromatic N) is 3. The Balaban J connectivity index is 2.01. The lowest BCUT2D eigenvalue weighted by Gasteiger charge is -2.37. The Hall–Kier alpha value is -3.41. The van der Waals surface area contributed by atoms with Crippen LogP contribution in [0.1, 0.15) is 98.1 Å². The number of unbranched alkanes of at least 4 members (excludes halogenated alkanes) is 2. The molecule has 1 N–H and O–H groups in total. The smallest absolute Gasteiger partial charge is 0.328 e. The lowest BCUT2D eigenvalue weighted by molar-refractivity contribution is -0.190. The molecular weight excluding hydrogens is 520 g/mol. The Bertz CT molecular complexity index is 1080. The van der Waals surface area contributed by atoms with E-state index in [-0.39, 0.29) is 23.9 Å². The molecule has 41 heavy (non-hydrogen) atoms. The Morgan fingerprint density at radius 1 is 1.27 bits per heavy atom. The molecule has 1 saturated heterocycles. The van der Waals surface area contributed by atoms with E-state index in [9.17, 15) is 14.4 Å². The fraction of sp³-hybridized carbons (Fsp3) is 0.656. The van der Waals surface area contributed by atoms with Gasteiger partial charge in [-0.15, -0.1) is 17.4 Å². The average Bonchev–Trinajstić information content (AvgIpc) is 3.37. The highest BCUT2D eigenvalue weighted by Crippen LogP contribution is 2.32.